The lowest BCUT2D eigenvalue weighted by Gasteiger charge is -2.16. The molecule has 0 bridgehead atoms. The number of rotatable bonds is 3. The number of amides is 2. The van der Waals surface area contributed by atoms with E-state index in [1.54, 1.807) is 24.3 Å². The average Bonchev–Trinajstić information content (AvgIpc) is 2.76. The zero-order chi connectivity index (χ0) is 15.7. The van der Waals surface area contributed by atoms with Crippen LogP contribution < -0.4 is 10.2 Å². The first-order valence-corrected chi connectivity index (χ1v) is 7.07. The molecule has 2 amide bonds. The first-order valence-electron chi connectivity index (χ1n) is 6.69. The summed E-state index contributed by atoms with van der Waals surface area (Å²) in [6, 6.07) is 11.7. The highest BCUT2D eigenvalue weighted by atomic mass is 35.5. The van der Waals surface area contributed by atoms with Crippen LogP contribution in [0.25, 0.3) is 0 Å². The number of imide groups is 1. The number of nitrogens with zero attached hydrogens (tertiary/aromatic N) is 1. The topological polar surface area (TPSA) is 49.4 Å². The lowest BCUT2D eigenvalue weighted by atomic mass is 10.2. The maximum absolute atomic E-state index is 13.3. The second-order valence-corrected chi connectivity index (χ2v) is 5.34. The van der Waals surface area contributed by atoms with Gasteiger partial charge in [-0.25, -0.2) is 9.29 Å². The van der Waals surface area contributed by atoms with Crippen molar-refractivity contribution in [1.82, 2.24) is 0 Å². The molecule has 1 saturated heterocycles. The minimum Gasteiger partial charge on any atom is -0.372 e. The number of hydrogen-bond donors (Lipinski definition) is 1. The molecule has 1 heterocycles. The van der Waals surface area contributed by atoms with Gasteiger partial charge < -0.3 is 5.32 Å². The van der Waals surface area contributed by atoms with Crippen molar-refractivity contribution in [3.05, 3.63) is 59.4 Å². The normalized spacial score (nSPS) is 17.9. The molecule has 1 fully saturated rings. The van der Waals surface area contributed by atoms with E-state index in [2.05, 4.69) is 5.32 Å². The van der Waals surface area contributed by atoms with E-state index < -0.39 is 17.8 Å². The summed E-state index contributed by atoms with van der Waals surface area (Å²) in [6.07, 6.45) is 0.000565. The third kappa shape index (κ3) is 2.67. The average molecular weight is 319 g/mol. The monoisotopic (exact) mass is 318 g/mol. The van der Waals surface area contributed by atoms with Crippen LogP contribution in [0.3, 0.4) is 0 Å². The molecule has 0 saturated carbocycles. The second kappa shape index (κ2) is 5.77. The van der Waals surface area contributed by atoms with Gasteiger partial charge in [-0.1, -0.05) is 29.8 Å². The molecule has 22 heavy (non-hydrogen) atoms. The van der Waals surface area contributed by atoms with Gasteiger partial charge in [0.15, 0.2) is 0 Å². The maximum Gasteiger partial charge on any atom is 0.256 e. The lowest BCUT2D eigenvalue weighted by Crippen LogP contribution is -2.34. The fourth-order valence-corrected chi connectivity index (χ4v) is 2.59. The van der Waals surface area contributed by atoms with Gasteiger partial charge in [-0.2, -0.15) is 0 Å². The third-order valence-electron chi connectivity index (χ3n) is 3.42. The van der Waals surface area contributed by atoms with Crippen molar-refractivity contribution in [2.75, 3.05) is 10.2 Å². The summed E-state index contributed by atoms with van der Waals surface area (Å²) < 4.78 is 13.3. The van der Waals surface area contributed by atoms with Crippen LogP contribution in [0.2, 0.25) is 5.02 Å². The van der Waals surface area contributed by atoms with Crippen molar-refractivity contribution < 1.29 is 14.0 Å². The molecule has 4 nitrogen and oxygen atoms in total. The number of halogens is 2. The van der Waals surface area contributed by atoms with Gasteiger partial charge in [-0.15, -0.1) is 0 Å². The van der Waals surface area contributed by atoms with Crippen molar-refractivity contribution in [3.8, 4) is 0 Å². The molecule has 1 atom stereocenters. The summed E-state index contributed by atoms with van der Waals surface area (Å²) in [5, 5.41) is 3.43. The zero-order valence-corrected chi connectivity index (χ0v) is 12.2. The van der Waals surface area contributed by atoms with Crippen molar-refractivity contribution in [1.29, 1.82) is 0 Å². The first kappa shape index (κ1) is 14.5. The van der Waals surface area contributed by atoms with E-state index >= 15 is 0 Å². The fraction of sp³-hybridized carbons (Fsp3) is 0.125. The largest absolute Gasteiger partial charge is 0.372 e. The standard InChI is InChI=1S/C16H12ClFN2O2/c17-12-6-1-2-7-13(12)19-14-9-15(21)20(16(14)22)11-5-3-4-10(18)8-11/h1-8,14,19H,9H2/t14-/m0/s1. The van der Waals surface area contributed by atoms with Crippen molar-refractivity contribution in [2.45, 2.75) is 12.5 Å². The summed E-state index contributed by atoms with van der Waals surface area (Å²) in [6.45, 7) is 0. The highest BCUT2D eigenvalue weighted by molar-refractivity contribution is 6.33. The molecule has 1 aliphatic heterocycles. The molecule has 0 radical (unpaired) electrons. The third-order valence-corrected chi connectivity index (χ3v) is 3.75. The van der Waals surface area contributed by atoms with Crippen LogP contribution in [0.1, 0.15) is 6.42 Å². The van der Waals surface area contributed by atoms with Gasteiger partial charge in [0, 0.05) is 0 Å². The predicted molar refractivity (Wildman–Crippen MR) is 82.4 cm³/mol. The summed E-state index contributed by atoms with van der Waals surface area (Å²) in [5.74, 6) is -1.30. The van der Waals surface area contributed by atoms with E-state index in [-0.39, 0.29) is 18.0 Å². The van der Waals surface area contributed by atoms with E-state index in [1.165, 1.54) is 18.2 Å². The molecular formula is C16H12ClFN2O2. The van der Waals surface area contributed by atoms with E-state index in [0.717, 1.165) is 11.0 Å². The quantitative estimate of drug-likeness (QED) is 0.884. The van der Waals surface area contributed by atoms with Crippen LogP contribution in [0.15, 0.2) is 48.5 Å². The number of nitrogens with one attached hydrogen (secondary N) is 1. The van der Waals surface area contributed by atoms with Crippen molar-refractivity contribution in [2.24, 2.45) is 0 Å². The summed E-state index contributed by atoms with van der Waals surface area (Å²) in [7, 11) is 0. The Hall–Kier alpha value is -2.40. The van der Waals surface area contributed by atoms with Crippen LogP contribution in [-0.4, -0.2) is 17.9 Å². The molecule has 112 valence electrons. The minimum absolute atomic E-state index is 0.000565. The van der Waals surface area contributed by atoms with Gasteiger partial charge in [0.1, 0.15) is 11.9 Å². The summed E-state index contributed by atoms with van der Waals surface area (Å²) in [4.78, 5) is 25.5. The van der Waals surface area contributed by atoms with E-state index in [1.807, 2.05) is 0 Å². The molecule has 6 heteroatoms. The Morgan fingerprint density at radius 3 is 2.64 bits per heavy atom. The smallest absolute Gasteiger partial charge is 0.256 e. The van der Waals surface area contributed by atoms with Crippen LogP contribution in [0, 0.1) is 5.82 Å². The number of carbonyl (C=O) groups is 2. The van der Waals surface area contributed by atoms with Crippen LogP contribution in [0.4, 0.5) is 15.8 Å². The van der Waals surface area contributed by atoms with Gasteiger partial charge in [0.25, 0.3) is 5.91 Å². The predicted octanol–water partition coefficient (Wildman–Crippen LogP) is 3.22. The number of benzene rings is 2. The van der Waals surface area contributed by atoms with Crippen LogP contribution in [-0.2, 0) is 9.59 Å². The Balaban J connectivity index is 1.84. The minimum atomic E-state index is -0.712. The number of carbonyl (C=O) groups excluding carboxylic acids is 2. The van der Waals surface area contributed by atoms with Gasteiger partial charge in [-0.05, 0) is 30.3 Å². The number of hydrogen-bond acceptors (Lipinski definition) is 3. The fourth-order valence-electron chi connectivity index (χ4n) is 2.40. The molecule has 0 aliphatic carbocycles. The highest BCUT2D eigenvalue weighted by Gasteiger charge is 2.39. The number of para-hydroxylation sites is 1. The molecule has 2 aromatic carbocycles. The van der Waals surface area contributed by atoms with E-state index in [4.69, 9.17) is 11.6 Å². The Morgan fingerprint density at radius 1 is 1.14 bits per heavy atom. The van der Waals surface area contributed by atoms with Gasteiger partial charge in [-0.3, -0.25) is 9.59 Å². The lowest BCUT2D eigenvalue weighted by molar-refractivity contribution is -0.121. The summed E-state index contributed by atoms with van der Waals surface area (Å²) >= 11 is 6.04. The SMILES string of the molecule is O=C1C[C@H](Nc2ccccc2Cl)C(=O)N1c1cccc(F)c1. The van der Waals surface area contributed by atoms with Crippen molar-refractivity contribution >= 4 is 34.8 Å². The molecule has 0 spiro atoms. The Kier molecular flexibility index (Phi) is 3.81. The second-order valence-electron chi connectivity index (χ2n) is 4.93. The van der Waals surface area contributed by atoms with Gasteiger partial charge in [0.2, 0.25) is 5.91 Å². The van der Waals surface area contributed by atoms with Crippen molar-refractivity contribution in [3.63, 3.8) is 0 Å². The summed E-state index contributed by atoms with van der Waals surface area (Å²) in [5.41, 5.74) is 0.815. The zero-order valence-electron chi connectivity index (χ0n) is 11.4. The Morgan fingerprint density at radius 2 is 1.91 bits per heavy atom. The van der Waals surface area contributed by atoms with Gasteiger partial charge in [0.05, 0.1) is 22.8 Å². The van der Waals surface area contributed by atoms with Gasteiger partial charge >= 0.3 is 0 Å². The Labute approximate surface area is 131 Å². The molecule has 1 N–H and O–H groups in total. The molecule has 2 aromatic rings. The Bertz CT molecular complexity index is 750. The van der Waals surface area contributed by atoms with E-state index in [9.17, 15) is 14.0 Å². The highest BCUT2D eigenvalue weighted by Crippen LogP contribution is 2.27. The number of anilines is 2. The molecule has 3 rings (SSSR count). The molecule has 0 unspecified atom stereocenters. The maximum atomic E-state index is 13.3. The molecule has 0 aromatic heterocycles. The first-order chi connectivity index (χ1) is 10.6. The molecular weight excluding hydrogens is 307 g/mol. The molecule has 1 aliphatic rings. The van der Waals surface area contributed by atoms with E-state index in [0.29, 0.717) is 10.7 Å². The van der Waals surface area contributed by atoms with Crippen LogP contribution in [0.5, 0.6) is 0 Å². The van der Waals surface area contributed by atoms with Crippen LogP contribution >= 0.6 is 11.6 Å².